The monoisotopic (exact) mass is 416 g/mol. The molecule has 0 saturated heterocycles. The van der Waals surface area contributed by atoms with E-state index in [1.807, 2.05) is 6.07 Å². The number of hydrogen-bond donors (Lipinski definition) is 2. The molecule has 2 heterocycles. The lowest BCUT2D eigenvalue weighted by atomic mass is 10.1. The molecule has 7 nitrogen and oxygen atoms in total. The predicted octanol–water partition coefficient (Wildman–Crippen LogP) is 4.39. The third kappa shape index (κ3) is 4.50. The van der Waals surface area contributed by atoms with Crippen molar-refractivity contribution in [2.24, 2.45) is 0 Å². The minimum atomic E-state index is -0.280. The molecule has 7 heteroatoms. The average Bonchev–Trinajstić information content (AvgIpc) is 3.23. The van der Waals surface area contributed by atoms with Crippen molar-refractivity contribution in [3.8, 4) is 11.5 Å². The molecule has 158 valence electrons. The number of nitrogens with zero attached hydrogens (tertiary/aromatic N) is 2. The van der Waals surface area contributed by atoms with Gasteiger partial charge >= 0.3 is 6.03 Å². The molecule has 1 aromatic heterocycles. The lowest BCUT2D eigenvalue weighted by Gasteiger charge is -2.18. The first kappa shape index (κ1) is 20.4. The summed E-state index contributed by atoms with van der Waals surface area (Å²) < 4.78 is 5.80. The molecule has 4 rings (SSSR count). The van der Waals surface area contributed by atoms with Gasteiger partial charge in [-0.2, -0.15) is 0 Å². The van der Waals surface area contributed by atoms with Crippen LogP contribution in [-0.2, 0) is 12.8 Å². The predicted molar refractivity (Wildman–Crippen MR) is 120 cm³/mol. The van der Waals surface area contributed by atoms with Crippen LogP contribution in [0.15, 0.2) is 60.8 Å². The zero-order valence-corrected chi connectivity index (χ0v) is 17.5. The van der Waals surface area contributed by atoms with Gasteiger partial charge in [0.2, 0.25) is 0 Å². The summed E-state index contributed by atoms with van der Waals surface area (Å²) in [5.41, 5.74) is 4.43. The van der Waals surface area contributed by atoms with E-state index in [0.717, 1.165) is 18.5 Å². The first-order chi connectivity index (χ1) is 15.1. The van der Waals surface area contributed by atoms with E-state index in [0.29, 0.717) is 23.7 Å². The van der Waals surface area contributed by atoms with E-state index in [-0.39, 0.29) is 17.6 Å². The van der Waals surface area contributed by atoms with Crippen molar-refractivity contribution in [3.05, 3.63) is 77.6 Å². The number of carbonyl (C=O) groups is 2. The van der Waals surface area contributed by atoms with Gasteiger partial charge in [-0.1, -0.05) is 19.1 Å². The topological polar surface area (TPSA) is 83.6 Å². The number of benzene rings is 2. The Bertz CT molecular complexity index is 1110. The standard InChI is InChI=1S/C24H24N4O3/c1-3-16-4-9-22-17(14-16)11-13-28(22)24(30)27-18-5-7-19(8-6-18)31-20-10-12-26-21(15-20)23(29)25-2/h4-10,12,14-15H,3,11,13H2,1-2H3,(H,25,29)(H,27,30). The summed E-state index contributed by atoms with van der Waals surface area (Å²) in [6.07, 6.45) is 3.37. The minimum absolute atomic E-state index is 0.152. The number of ether oxygens (including phenoxy) is 1. The van der Waals surface area contributed by atoms with E-state index >= 15 is 0 Å². The van der Waals surface area contributed by atoms with Crippen LogP contribution in [0.4, 0.5) is 16.2 Å². The highest BCUT2D eigenvalue weighted by Crippen LogP contribution is 2.30. The molecule has 2 aromatic carbocycles. The normalized spacial score (nSPS) is 12.3. The van der Waals surface area contributed by atoms with E-state index in [9.17, 15) is 9.59 Å². The quantitative estimate of drug-likeness (QED) is 0.646. The number of carbonyl (C=O) groups excluding carboxylic acids is 2. The van der Waals surface area contributed by atoms with Crippen LogP contribution >= 0.6 is 0 Å². The number of urea groups is 1. The maximum atomic E-state index is 12.8. The van der Waals surface area contributed by atoms with Crippen LogP contribution in [-0.4, -0.2) is 30.5 Å². The van der Waals surface area contributed by atoms with Crippen molar-refractivity contribution in [2.75, 3.05) is 23.8 Å². The Labute approximate surface area is 181 Å². The molecule has 0 unspecified atom stereocenters. The van der Waals surface area contributed by atoms with Gasteiger partial charge in [0.1, 0.15) is 17.2 Å². The van der Waals surface area contributed by atoms with Crippen molar-refractivity contribution >= 4 is 23.3 Å². The molecule has 0 saturated carbocycles. The van der Waals surface area contributed by atoms with Gasteiger partial charge in [0.05, 0.1) is 0 Å². The van der Waals surface area contributed by atoms with Gasteiger partial charge in [-0.3, -0.25) is 14.7 Å². The number of pyridine rings is 1. The highest BCUT2D eigenvalue weighted by Gasteiger charge is 2.24. The maximum Gasteiger partial charge on any atom is 0.326 e. The number of nitrogens with one attached hydrogen (secondary N) is 2. The minimum Gasteiger partial charge on any atom is -0.457 e. The Hall–Kier alpha value is -3.87. The number of aromatic nitrogens is 1. The molecule has 3 amide bonds. The van der Waals surface area contributed by atoms with Crippen molar-refractivity contribution in [2.45, 2.75) is 19.8 Å². The number of rotatable bonds is 5. The summed E-state index contributed by atoms with van der Waals surface area (Å²) in [6.45, 7) is 2.80. The van der Waals surface area contributed by atoms with Crippen molar-refractivity contribution < 1.29 is 14.3 Å². The van der Waals surface area contributed by atoms with Crippen LogP contribution in [0.2, 0.25) is 0 Å². The number of hydrogen-bond acceptors (Lipinski definition) is 4. The van der Waals surface area contributed by atoms with Gasteiger partial charge < -0.3 is 15.4 Å². The van der Waals surface area contributed by atoms with Crippen LogP contribution in [0.1, 0.15) is 28.5 Å². The third-order valence-electron chi connectivity index (χ3n) is 5.23. The molecule has 0 atom stereocenters. The molecule has 0 aliphatic carbocycles. The molecule has 1 aliphatic rings. The maximum absolute atomic E-state index is 12.8. The van der Waals surface area contributed by atoms with Gasteiger partial charge in [0.25, 0.3) is 5.91 Å². The van der Waals surface area contributed by atoms with Crippen LogP contribution in [0.25, 0.3) is 0 Å². The molecule has 2 N–H and O–H groups in total. The Morgan fingerprint density at radius 3 is 2.61 bits per heavy atom. The summed E-state index contributed by atoms with van der Waals surface area (Å²) in [7, 11) is 1.55. The number of fused-ring (bicyclic) bond motifs is 1. The second-order valence-electron chi connectivity index (χ2n) is 7.23. The largest absolute Gasteiger partial charge is 0.457 e. The fourth-order valence-electron chi connectivity index (χ4n) is 3.55. The van der Waals surface area contributed by atoms with E-state index in [1.165, 1.54) is 17.3 Å². The summed E-state index contributed by atoms with van der Waals surface area (Å²) >= 11 is 0. The third-order valence-corrected chi connectivity index (χ3v) is 5.23. The second kappa shape index (κ2) is 8.87. The highest BCUT2D eigenvalue weighted by atomic mass is 16.5. The van der Waals surface area contributed by atoms with Gasteiger partial charge in [0.15, 0.2) is 0 Å². The molecular formula is C24H24N4O3. The average molecular weight is 416 g/mol. The summed E-state index contributed by atoms with van der Waals surface area (Å²) in [6, 6.07) is 16.5. The zero-order valence-electron chi connectivity index (χ0n) is 17.5. The van der Waals surface area contributed by atoms with E-state index < -0.39 is 0 Å². The second-order valence-corrected chi connectivity index (χ2v) is 7.23. The SMILES string of the molecule is CCc1ccc2c(c1)CCN2C(=O)Nc1ccc(Oc2ccnc(C(=O)NC)c2)cc1. The lowest BCUT2D eigenvalue weighted by Crippen LogP contribution is -2.33. The van der Waals surface area contributed by atoms with Crippen LogP contribution < -0.4 is 20.3 Å². The zero-order chi connectivity index (χ0) is 21.8. The fraction of sp³-hybridized carbons (Fsp3) is 0.208. The van der Waals surface area contributed by atoms with Crippen molar-refractivity contribution in [3.63, 3.8) is 0 Å². The van der Waals surface area contributed by atoms with Gasteiger partial charge in [-0.25, -0.2) is 4.79 Å². The van der Waals surface area contributed by atoms with E-state index in [4.69, 9.17) is 4.74 Å². The smallest absolute Gasteiger partial charge is 0.326 e. The molecule has 0 radical (unpaired) electrons. The first-order valence-corrected chi connectivity index (χ1v) is 10.2. The fourth-order valence-corrected chi connectivity index (χ4v) is 3.55. The van der Waals surface area contributed by atoms with Crippen molar-refractivity contribution in [1.29, 1.82) is 0 Å². The molecular weight excluding hydrogens is 392 g/mol. The van der Waals surface area contributed by atoms with Crippen LogP contribution in [0.3, 0.4) is 0 Å². The molecule has 1 aliphatic heterocycles. The summed E-state index contributed by atoms with van der Waals surface area (Å²) in [5, 5.41) is 5.48. The van der Waals surface area contributed by atoms with Gasteiger partial charge in [-0.05, 0) is 60.4 Å². The molecule has 31 heavy (non-hydrogen) atoms. The Balaban J connectivity index is 1.41. The van der Waals surface area contributed by atoms with Gasteiger partial charge in [0, 0.05) is 37.2 Å². The number of amides is 3. The number of aryl methyl sites for hydroxylation is 1. The van der Waals surface area contributed by atoms with E-state index in [1.54, 1.807) is 48.3 Å². The molecule has 0 bridgehead atoms. The Kier molecular flexibility index (Phi) is 5.84. The first-order valence-electron chi connectivity index (χ1n) is 10.2. The Morgan fingerprint density at radius 1 is 1.06 bits per heavy atom. The van der Waals surface area contributed by atoms with E-state index in [2.05, 4.69) is 34.7 Å². The van der Waals surface area contributed by atoms with Crippen LogP contribution in [0, 0.1) is 0 Å². The molecule has 3 aromatic rings. The van der Waals surface area contributed by atoms with Crippen molar-refractivity contribution in [1.82, 2.24) is 10.3 Å². The van der Waals surface area contributed by atoms with Gasteiger partial charge in [-0.15, -0.1) is 0 Å². The number of anilines is 2. The highest BCUT2D eigenvalue weighted by molar-refractivity contribution is 6.03. The summed E-state index contributed by atoms with van der Waals surface area (Å²) in [5.74, 6) is 0.814. The summed E-state index contributed by atoms with van der Waals surface area (Å²) in [4.78, 5) is 30.3. The Morgan fingerprint density at radius 2 is 1.87 bits per heavy atom. The lowest BCUT2D eigenvalue weighted by molar-refractivity contribution is 0.0958. The molecule has 0 spiro atoms. The molecule has 0 fully saturated rings. The van der Waals surface area contributed by atoms with Crippen LogP contribution in [0.5, 0.6) is 11.5 Å².